The predicted molar refractivity (Wildman–Crippen MR) is 127 cm³/mol. The van der Waals surface area contributed by atoms with Gasteiger partial charge in [0.1, 0.15) is 0 Å². The van der Waals surface area contributed by atoms with Gasteiger partial charge in [0.05, 0.1) is 23.8 Å². The number of anilines is 1. The average Bonchev–Trinajstić information content (AvgIpc) is 2.92. The number of hydrogen-bond acceptors (Lipinski definition) is 7. The summed E-state index contributed by atoms with van der Waals surface area (Å²) in [5.74, 6) is -0.256. The lowest BCUT2D eigenvalue weighted by Gasteiger charge is -2.35. The summed E-state index contributed by atoms with van der Waals surface area (Å²) in [6, 6.07) is 16.6. The van der Waals surface area contributed by atoms with Crippen molar-refractivity contribution >= 4 is 17.8 Å². The highest BCUT2D eigenvalue weighted by atomic mass is 19.4. The van der Waals surface area contributed by atoms with Crippen molar-refractivity contribution in [1.29, 1.82) is 0 Å². The van der Waals surface area contributed by atoms with E-state index in [1.54, 1.807) is 30.3 Å². The molecule has 37 heavy (non-hydrogen) atoms. The topological polar surface area (TPSA) is 108 Å². The van der Waals surface area contributed by atoms with Crippen molar-refractivity contribution < 1.29 is 32.6 Å². The summed E-state index contributed by atoms with van der Waals surface area (Å²) < 4.78 is 44.9. The standard InChI is InChI=1S/C25H24F3N5O4/c26-25(27,28)19-9-5-4-8-18(19)23(35)33-14-12-32(13-15-33)21-10-11-22(31-30-21)37-24(36)29-16-20(34)17-6-2-1-3-7-17/h1-11,20,34H,12-16H2,(H,29,36)/t20-/m0/s1. The average molecular weight is 515 g/mol. The number of nitrogens with zero attached hydrogens (tertiary/aromatic N) is 4. The van der Waals surface area contributed by atoms with Gasteiger partial charge in [0.15, 0.2) is 5.82 Å². The molecule has 0 unspecified atom stereocenters. The summed E-state index contributed by atoms with van der Waals surface area (Å²) in [5, 5.41) is 20.5. The number of piperazine rings is 1. The maximum Gasteiger partial charge on any atom is 0.417 e. The quantitative estimate of drug-likeness (QED) is 0.519. The summed E-state index contributed by atoms with van der Waals surface area (Å²) in [7, 11) is 0. The first-order chi connectivity index (χ1) is 17.7. The van der Waals surface area contributed by atoms with Gasteiger partial charge in [-0.15, -0.1) is 10.2 Å². The van der Waals surface area contributed by atoms with Gasteiger partial charge in [-0.05, 0) is 23.8 Å². The van der Waals surface area contributed by atoms with Gasteiger partial charge in [-0.2, -0.15) is 13.2 Å². The SMILES string of the molecule is O=C(NC[C@H](O)c1ccccc1)Oc1ccc(N2CCN(C(=O)c3ccccc3C(F)(F)F)CC2)nn1. The molecule has 1 aliphatic rings. The van der Waals surface area contributed by atoms with Crippen LogP contribution in [0.3, 0.4) is 0 Å². The molecule has 194 valence electrons. The molecule has 2 N–H and O–H groups in total. The van der Waals surface area contributed by atoms with Crippen LogP contribution in [-0.4, -0.2) is 64.9 Å². The molecule has 2 aromatic carbocycles. The number of hydrogen-bond donors (Lipinski definition) is 2. The molecule has 0 saturated carbocycles. The molecule has 4 rings (SSSR count). The molecule has 1 aliphatic heterocycles. The minimum atomic E-state index is -4.62. The normalized spacial score (nSPS) is 14.7. The van der Waals surface area contributed by atoms with Gasteiger partial charge in [0.25, 0.3) is 5.91 Å². The van der Waals surface area contributed by atoms with Crippen LogP contribution in [-0.2, 0) is 6.18 Å². The number of aliphatic hydroxyl groups is 1. The molecule has 2 amide bonds. The Morgan fingerprint density at radius 1 is 0.946 bits per heavy atom. The number of amides is 2. The van der Waals surface area contributed by atoms with Gasteiger partial charge in [-0.3, -0.25) is 4.79 Å². The van der Waals surface area contributed by atoms with Crippen molar-refractivity contribution in [3.05, 3.63) is 83.4 Å². The van der Waals surface area contributed by atoms with Gasteiger partial charge < -0.3 is 25.0 Å². The minimum Gasteiger partial charge on any atom is -0.390 e. The smallest absolute Gasteiger partial charge is 0.390 e. The van der Waals surface area contributed by atoms with Crippen LogP contribution in [0.4, 0.5) is 23.8 Å². The number of ether oxygens (including phenoxy) is 1. The second kappa shape index (κ2) is 11.2. The van der Waals surface area contributed by atoms with Crippen molar-refractivity contribution in [3.63, 3.8) is 0 Å². The highest BCUT2D eigenvalue weighted by molar-refractivity contribution is 5.96. The number of nitrogens with one attached hydrogen (secondary N) is 1. The predicted octanol–water partition coefficient (Wildman–Crippen LogP) is 3.28. The number of benzene rings is 2. The molecule has 1 saturated heterocycles. The van der Waals surface area contributed by atoms with E-state index >= 15 is 0 Å². The monoisotopic (exact) mass is 515 g/mol. The lowest BCUT2D eigenvalue weighted by molar-refractivity contribution is -0.138. The van der Waals surface area contributed by atoms with E-state index in [1.807, 2.05) is 11.0 Å². The Balaban J connectivity index is 1.27. The molecule has 1 aromatic heterocycles. The third-order valence-corrected chi connectivity index (χ3v) is 5.80. The lowest BCUT2D eigenvalue weighted by atomic mass is 10.1. The van der Waals surface area contributed by atoms with E-state index in [4.69, 9.17) is 4.74 Å². The number of carbonyl (C=O) groups excluding carboxylic acids is 2. The van der Waals surface area contributed by atoms with Crippen LogP contribution in [0.15, 0.2) is 66.7 Å². The number of aromatic nitrogens is 2. The lowest BCUT2D eigenvalue weighted by Crippen LogP contribution is -2.49. The second-order valence-electron chi connectivity index (χ2n) is 8.25. The molecular formula is C25H24F3N5O4. The molecule has 1 atom stereocenters. The molecule has 0 spiro atoms. The fraction of sp³-hybridized carbons (Fsp3) is 0.280. The summed E-state index contributed by atoms with van der Waals surface area (Å²) in [6.07, 6.45) is -6.32. The van der Waals surface area contributed by atoms with E-state index in [0.29, 0.717) is 24.5 Å². The van der Waals surface area contributed by atoms with Gasteiger partial charge in [0, 0.05) is 32.2 Å². The molecule has 0 aliphatic carbocycles. The molecule has 1 fully saturated rings. The highest BCUT2D eigenvalue weighted by Crippen LogP contribution is 2.32. The number of alkyl halides is 3. The first-order valence-electron chi connectivity index (χ1n) is 11.5. The van der Waals surface area contributed by atoms with Crippen LogP contribution in [0.25, 0.3) is 0 Å². The molecule has 2 heterocycles. The van der Waals surface area contributed by atoms with Gasteiger partial charge >= 0.3 is 12.3 Å². The van der Waals surface area contributed by atoms with Crippen molar-refractivity contribution in [1.82, 2.24) is 20.4 Å². The fourth-order valence-corrected chi connectivity index (χ4v) is 3.87. The number of carbonyl (C=O) groups is 2. The Morgan fingerprint density at radius 2 is 1.62 bits per heavy atom. The van der Waals surface area contributed by atoms with E-state index in [0.717, 1.165) is 6.07 Å². The van der Waals surface area contributed by atoms with Crippen LogP contribution in [0.2, 0.25) is 0 Å². The molecule has 9 nitrogen and oxygen atoms in total. The summed E-state index contributed by atoms with van der Waals surface area (Å²) >= 11 is 0. The van der Waals surface area contributed by atoms with E-state index in [-0.39, 0.29) is 31.1 Å². The van der Waals surface area contributed by atoms with Gasteiger partial charge in [-0.1, -0.05) is 42.5 Å². The van der Waals surface area contributed by atoms with E-state index in [2.05, 4.69) is 15.5 Å². The third-order valence-electron chi connectivity index (χ3n) is 5.80. The summed E-state index contributed by atoms with van der Waals surface area (Å²) in [6.45, 7) is 1.04. The maximum atomic E-state index is 13.3. The van der Waals surface area contributed by atoms with Crippen LogP contribution in [0.5, 0.6) is 5.88 Å². The van der Waals surface area contributed by atoms with Crippen LogP contribution in [0.1, 0.15) is 27.6 Å². The first-order valence-corrected chi connectivity index (χ1v) is 11.5. The summed E-state index contributed by atoms with van der Waals surface area (Å²) in [5.41, 5.74) is -0.680. The highest BCUT2D eigenvalue weighted by Gasteiger charge is 2.36. The Hall–Kier alpha value is -4.19. The number of rotatable bonds is 6. The van der Waals surface area contributed by atoms with E-state index in [1.165, 1.54) is 29.2 Å². The van der Waals surface area contributed by atoms with Crippen molar-refractivity contribution in [2.75, 3.05) is 37.6 Å². The maximum absolute atomic E-state index is 13.3. The zero-order valence-corrected chi connectivity index (χ0v) is 19.6. The number of halogens is 3. The Morgan fingerprint density at radius 3 is 2.27 bits per heavy atom. The second-order valence-corrected chi connectivity index (χ2v) is 8.25. The van der Waals surface area contributed by atoms with Crippen LogP contribution >= 0.6 is 0 Å². The molecule has 12 heteroatoms. The fourth-order valence-electron chi connectivity index (χ4n) is 3.87. The zero-order valence-electron chi connectivity index (χ0n) is 19.6. The third kappa shape index (κ3) is 6.53. The molecular weight excluding hydrogens is 491 g/mol. The van der Waals surface area contributed by atoms with Gasteiger partial charge in [0.2, 0.25) is 5.88 Å². The molecule has 3 aromatic rings. The van der Waals surface area contributed by atoms with Crippen molar-refractivity contribution in [2.45, 2.75) is 12.3 Å². The van der Waals surface area contributed by atoms with E-state index < -0.39 is 29.8 Å². The minimum absolute atomic E-state index is 0.0481. The zero-order chi connectivity index (χ0) is 26.4. The van der Waals surface area contributed by atoms with Crippen molar-refractivity contribution in [2.24, 2.45) is 0 Å². The van der Waals surface area contributed by atoms with Crippen LogP contribution in [0, 0.1) is 0 Å². The first kappa shape index (κ1) is 25.9. The molecule has 0 radical (unpaired) electrons. The van der Waals surface area contributed by atoms with Crippen LogP contribution < -0.4 is 15.0 Å². The van der Waals surface area contributed by atoms with Gasteiger partial charge in [-0.25, -0.2) is 4.79 Å². The Labute approximate surface area is 210 Å². The van der Waals surface area contributed by atoms with E-state index in [9.17, 15) is 27.9 Å². The largest absolute Gasteiger partial charge is 0.417 e. The Kier molecular flexibility index (Phi) is 7.87. The summed E-state index contributed by atoms with van der Waals surface area (Å²) in [4.78, 5) is 28.0. The molecule has 0 bridgehead atoms. The Bertz CT molecular complexity index is 1220. The number of aliphatic hydroxyl groups excluding tert-OH is 1. The van der Waals surface area contributed by atoms with Crippen molar-refractivity contribution in [3.8, 4) is 5.88 Å².